The van der Waals surface area contributed by atoms with Gasteiger partial charge in [0.1, 0.15) is 5.82 Å². The fourth-order valence-electron chi connectivity index (χ4n) is 5.15. The summed E-state index contributed by atoms with van der Waals surface area (Å²) in [6.45, 7) is -0.869. The van der Waals surface area contributed by atoms with Gasteiger partial charge >= 0.3 is 17.8 Å². The van der Waals surface area contributed by atoms with Crippen molar-refractivity contribution in [3.8, 4) is 16.9 Å². The van der Waals surface area contributed by atoms with Gasteiger partial charge in [-0.05, 0) is 37.1 Å². The highest BCUT2D eigenvalue weighted by atomic mass is 19.4. The predicted molar refractivity (Wildman–Crippen MR) is 157 cm³/mol. The van der Waals surface area contributed by atoms with E-state index in [1.165, 1.54) is 12.1 Å². The van der Waals surface area contributed by atoms with Crippen LogP contribution in [0.1, 0.15) is 45.4 Å². The summed E-state index contributed by atoms with van der Waals surface area (Å²) in [7, 11) is -3.11. The van der Waals surface area contributed by atoms with Gasteiger partial charge in [0.25, 0.3) is 5.56 Å². The summed E-state index contributed by atoms with van der Waals surface area (Å²) in [6.07, 6.45) is -5.44. The molecule has 0 aliphatic heterocycles. The molecule has 9 nitrogen and oxygen atoms in total. The smallest absolute Gasteiger partial charge is 0.416 e. The number of aromatic nitrogens is 2. The Morgan fingerprint density at radius 2 is 1.72 bits per heavy atom. The Morgan fingerprint density at radius 3 is 2.37 bits per heavy atom. The van der Waals surface area contributed by atoms with E-state index in [-0.39, 0.29) is 25.1 Å². The first-order valence-corrected chi connectivity index (χ1v) is 13.8. The molecule has 4 rings (SSSR count). The highest BCUT2D eigenvalue weighted by molar-refractivity contribution is 5.68. The van der Waals surface area contributed by atoms with Gasteiger partial charge in [-0.3, -0.25) is 18.7 Å². The second-order valence-electron chi connectivity index (χ2n) is 10.3. The maximum atomic E-state index is 15.9. The van der Waals surface area contributed by atoms with Crippen LogP contribution in [0, 0.1) is 18.6 Å². The molecule has 0 fully saturated rings. The summed E-state index contributed by atoms with van der Waals surface area (Å²) in [4.78, 5) is 39.3. The Morgan fingerprint density at radius 1 is 1.02 bits per heavy atom. The number of nitrogens with zero attached hydrogens (tertiary/aromatic N) is 3. The molecule has 0 saturated heterocycles. The van der Waals surface area contributed by atoms with E-state index in [0.29, 0.717) is 25.8 Å². The number of carbonyl (C=O) groups is 1. The number of aliphatic carboxylic acids is 1. The van der Waals surface area contributed by atoms with Gasteiger partial charge in [0.15, 0.2) is 11.6 Å². The third-order valence-electron chi connectivity index (χ3n) is 7.45. The van der Waals surface area contributed by atoms with E-state index in [4.69, 9.17) is 14.0 Å². The highest BCUT2D eigenvalue weighted by Crippen LogP contribution is 2.34. The molecule has 1 aromatic heterocycles. The number of methoxy groups -OCH3 is 1. The lowest BCUT2D eigenvalue weighted by atomic mass is 10.0. The Hall–Kier alpha value is -4.82. The quantitative estimate of drug-likeness (QED) is 0.151. The number of ether oxygens (including phenoxy) is 1. The molecule has 1 heterocycles. The first-order valence-electron chi connectivity index (χ1n) is 15.3. The fourth-order valence-corrected chi connectivity index (χ4v) is 5.15. The molecule has 14 heteroatoms. The minimum absolute atomic E-state index is 0.0531. The molecular formula is C32H30F5N3O6. The van der Waals surface area contributed by atoms with Crippen LogP contribution >= 0.6 is 0 Å². The number of hydroxylamine groups is 2. The van der Waals surface area contributed by atoms with Crippen molar-refractivity contribution in [2.45, 2.75) is 45.1 Å². The average molecular weight is 651 g/mol. The molecule has 1 atom stereocenters. The van der Waals surface area contributed by atoms with E-state index in [2.05, 4.69) is 0 Å². The molecular weight excluding hydrogens is 617 g/mol. The molecule has 0 unspecified atom stereocenters. The second kappa shape index (κ2) is 14.1. The normalized spacial score (nSPS) is 13.6. The minimum Gasteiger partial charge on any atom is -0.494 e. The average Bonchev–Trinajstić information content (AvgIpc) is 3.00. The molecule has 0 saturated carbocycles. The largest absolute Gasteiger partial charge is 0.494 e. The number of hydrogen-bond donors (Lipinski definition) is 2. The van der Waals surface area contributed by atoms with Crippen LogP contribution in [-0.4, -0.2) is 44.1 Å². The third-order valence-corrected chi connectivity index (χ3v) is 7.45. The van der Waals surface area contributed by atoms with Gasteiger partial charge in [0.05, 0.1) is 41.4 Å². The summed E-state index contributed by atoms with van der Waals surface area (Å²) in [5, 5.41) is 20.8. The summed E-state index contributed by atoms with van der Waals surface area (Å²) in [6, 6.07) is 12.0. The van der Waals surface area contributed by atoms with E-state index in [1.54, 1.807) is 18.2 Å². The number of alkyl halides is 3. The maximum absolute atomic E-state index is 15.9. The van der Waals surface area contributed by atoms with Crippen LogP contribution in [0.3, 0.4) is 0 Å². The lowest BCUT2D eigenvalue weighted by Gasteiger charge is -2.28. The molecule has 0 spiro atoms. The molecule has 0 amide bonds. The van der Waals surface area contributed by atoms with Crippen molar-refractivity contribution in [3.63, 3.8) is 0 Å². The van der Waals surface area contributed by atoms with E-state index >= 15 is 8.78 Å². The topological polar surface area (TPSA) is 114 Å². The van der Waals surface area contributed by atoms with E-state index < -0.39 is 89.2 Å². The summed E-state index contributed by atoms with van der Waals surface area (Å²) in [5.74, 6) is -4.60. The number of carboxylic acid groups (broad SMARTS) is 1. The van der Waals surface area contributed by atoms with Crippen LogP contribution in [0.25, 0.3) is 11.1 Å². The van der Waals surface area contributed by atoms with Gasteiger partial charge < -0.3 is 15.1 Å². The monoisotopic (exact) mass is 650 g/mol. The molecule has 0 radical (unpaired) electrons. The fraction of sp³-hybridized carbons (Fsp3) is 0.281. The molecule has 0 bridgehead atoms. The number of carboxylic acids is 1. The zero-order valence-electron chi connectivity index (χ0n) is 27.2. The zero-order chi connectivity index (χ0) is 36.3. The van der Waals surface area contributed by atoms with Crippen molar-refractivity contribution in [1.29, 1.82) is 0 Å². The SMILES string of the molecule is [2H]C([2H])([2H])Oc1cccc(-c2c(C)n(Cc3c(F)cccc3C(F)(F)F)c(=O)n(C[C@@H](c3ccccc3)N(O)CCCC(=O)O)c2=O)c1F. The van der Waals surface area contributed by atoms with Crippen LogP contribution in [0.4, 0.5) is 22.0 Å². The predicted octanol–water partition coefficient (Wildman–Crippen LogP) is 5.64. The molecule has 4 aromatic rings. The Bertz CT molecular complexity index is 1950. The number of halogens is 5. The van der Waals surface area contributed by atoms with Gasteiger partial charge in [-0.2, -0.15) is 18.2 Å². The Balaban J connectivity index is 2.00. The molecule has 0 aliphatic carbocycles. The van der Waals surface area contributed by atoms with E-state index in [9.17, 15) is 32.8 Å². The summed E-state index contributed by atoms with van der Waals surface area (Å²) >= 11 is 0. The summed E-state index contributed by atoms with van der Waals surface area (Å²) in [5.41, 5.74) is -5.96. The van der Waals surface area contributed by atoms with E-state index in [0.717, 1.165) is 37.3 Å². The lowest BCUT2D eigenvalue weighted by Crippen LogP contribution is -2.45. The molecule has 3 aromatic carbocycles. The second-order valence-corrected chi connectivity index (χ2v) is 10.3. The van der Waals surface area contributed by atoms with Crippen LogP contribution in [-0.2, 0) is 24.1 Å². The number of rotatable bonds is 12. The highest BCUT2D eigenvalue weighted by Gasteiger charge is 2.35. The lowest BCUT2D eigenvalue weighted by molar-refractivity contribution is -0.143. The molecule has 0 aliphatic rings. The molecule has 244 valence electrons. The standard InChI is InChI=1S/C32H30F5N3O6/c1-19-28(21-11-6-14-26(46-2)29(21)34)30(43)39(18-25(20-9-4-3-5-10-20)40(45)16-8-15-27(41)42)31(44)38(19)17-22-23(32(35,36)37)12-7-13-24(22)33/h3-7,9-14,25,45H,8,15-18H2,1-2H3,(H,41,42)/t25-/m0/s1/i2D3. The van der Waals surface area contributed by atoms with Crippen molar-refractivity contribution < 1.29 is 45.9 Å². The zero-order valence-corrected chi connectivity index (χ0v) is 24.2. The van der Waals surface area contributed by atoms with Crippen LogP contribution in [0.2, 0.25) is 0 Å². The van der Waals surface area contributed by atoms with Gasteiger partial charge in [0, 0.05) is 29.8 Å². The molecule has 46 heavy (non-hydrogen) atoms. The van der Waals surface area contributed by atoms with Crippen molar-refractivity contribution >= 4 is 5.97 Å². The van der Waals surface area contributed by atoms with Gasteiger partial charge in [-0.15, -0.1) is 0 Å². The van der Waals surface area contributed by atoms with E-state index in [1.807, 2.05) is 0 Å². The molecule has 2 N–H and O–H groups in total. The first kappa shape index (κ1) is 29.9. The van der Waals surface area contributed by atoms with Gasteiger partial charge in [-0.1, -0.05) is 48.5 Å². The van der Waals surface area contributed by atoms with Crippen molar-refractivity contribution in [1.82, 2.24) is 14.2 Å². The Kier molecular flexibility index (Phi) is 9.14. The number of benzene rings is 3. The van der Waals surface area contributed by atoms with Crippen LogP contribution in [0.15, 0.2) is 76.3 Å². The number of hydrogen-bond acceptors (Lipinski definition) is 6. The van der Waals surface area contributed by atoms with Gasteiger partial charge in [0.2, 0.25) is 0 Å². The first-order chi connectivity index (χ1) is 22.9. The van der Waals surface area contributed by atoms with Crippen molar-refractivity contribution in [2.24, 2.45) is 0 Å². The summed E-state index contributed by atoms with van der Waals surface area (Å²) < 4.78 is 101. The minimum atomic E-state index is -5.05. The van der Waals surface area contributed by atoms with Crippen LogP contribution < -0.4 is 16.0 Å². The third kappa shape index (κ3) is 7.18. The maximum Gasteiger partial charge on any atom is 0.416 e. The Labute approximate surface area is 263 Å². The van der Waals surface area contributed by atoms with Crippen molar-refractivity contribution in [3.05, 3.63) is 122 Å². The van der Waals surface area contributed by atoms with Crippen molar-refractivity contribution in [2.75, 3.05) is 13.6 Å². The van der Waals surface area contributed by atoms with Gasteiger partial charge in [-0.25, -0.2) is 13.6 Å². The van der Waals surface area contributed by atoms with Crippen LogP contribution in [0.5, 0.6) is 5.75 Å².